The summed E-state index contributed by atoms with van der Waals surface area (Å²) in [5.41, 5.74) is 0.452. The van der Waals surface area contributed by atoms with Gasteiger partial charge in [0, 0.05) is 31.6 Å². The molecule has 3 rings (SSSR count). The fourth-order valence-corrected chi connectivity index (χ4v) is 3.99. The highest BCUT2D eigenvalue weighted by molar-refractivity contribution is 7.15. The molecule has 0 spiro atoms. The number of nitrogens with one attached hydrogen (secondary N) is 1. The van der Waals surface area contributed by atoms with Crippen LogP contribution >= 0.6 is 11.3 Å². The van der Waals surface area contributed by atoms with Crippen molar-refractivity contribution in [3.05, 3.63) is 10.6 Å². The third-order valence-corrected chi connectivity index (χ3v) is 5.40. The highest BCUT2D eigenvalue weighted by Crippen LogP contribution is 2.37. The summed E-state index contributed by atoms with van der Waals surface area (Å²) >= 11 is 1.57. The Morgan fingerprint density at radius 3 is 3.19 bits per heavy atom. The zero-order chi connectivity index (χ0) is 14.9. The minimum absolute atomic E-state index is 0.293. The van der Waals surface area contributed by atoms with Crippen LogP contribution in [0.4, 0.5) is 5.13 Å². The first-order valence-corrected chi connectivity index (χ1v) is 8.04. The van der Waals surface area contributed by atoms with Crippen LogP contribution in [0.15, 0.2) is 0 Å². The number of nitrogens with zero attached hydrogens (tertiary/aromatic N) is 1. The maximum Gasteiger partial charge on any atom is 0.312 e. The highest BCUT2D eigenvalue weighted by atomic mass is 32.1. The van der Waals surface area contributed by atoms with E-state index in [1.807, 2.05) is 0 Å². The largest absolute Gasteiger partial charge is 0.481 e. The van der Waals surface area contributed by atoms with E-state index in [4.69, 9.17) is 9.47 Å². The van der Waals surface area contributed by atoms with Gasteiger partial charge in [0.1, 0.15) is 11.5 Å². The van der Waals surface area contributed by atoms with E-state index < -0.39 is 11.9 Å². The number of anilines is 1. The van der Waals surface area contributed by atoms with Gasteiger partial charge < -0.3 is 19.9 Å². The average molecular weight is 312 g/mol. The Labute approximate surface area is 127 Å². The van der Waals surface area contributed by atoms with E-state index in [9.17, 15) is 9.90 Å². The first-order chi connectivity index (χ1) is 10.1. The van der Waals surface area contributed by atoms with Gasteiger partial charge in [-0.2, -0.15) is 0 Å². The van der Waals surface area contributed by atoms with E-state index in [0.717, 1.165) is 35.0 Å². The lowest BCUT2D eigenvalue weighted by Gasteiger charge is -2.25. The second kappa shape index (κ2) is 5.90. The summed E-state index contributed by atoms with van der Waals surface area (Å²) < 4.78 is 11.0. The van der Waals surface area contributed by atoms with E-state index in [1.54, 1.807) is 18.4 Å². The number of methoxy groups -OCH3 is 1. The molecule has 0 saturated carbocycles. The van der Waals surface area contributed by atoms with Crippen LogP contribution in [0.25, 0.3) is 0 Å². The molecule has 21 heavy (non-hydrogen) atoms. The quantitative estimate of drug-likeness (QED) is 0.864. The van der Waals surface area contributed by atoms with Crippen LogP contribution < -0.4 is 5.32 Å². The molecule has 0 amide bonds. The zero-order valence-corrected chi connectivity index (χ0v) is 12.9. The first kappa shape index (κ1) is 14.7. The number of carboxylic acid groups (broad SMARTS) is 1. The van der Waals surface area contributed by atoms with Crippen molar-refractivity contribution in [1.82, 2.24) is 4.98 Å². The molecule has 0 aromatic carbocycles. The van der Waals surface area contributed by atoms with Crippen LogP contribution in [0, 0.1) is 0 Å². The number of hydrogen-bond donors (Lipinski definition) is 2. The third-order valence-electron chi connectivity index (χ3n) is 4.31. The molecule has 2 atom stereocenters. The van der Waals surface area contributed by atoms with Crippen LogP contribution in [0.5, 0.6) is 0 Å². The molecule has 0 bridgehead atoms. The Bertz CT molecular complexity index is 525. The van der Waals surface area contributed by atoms with Crippen LogP contribution in [-0.4, -0.2) is 48.5 Å². The van der Waals surface area contributed by atoms with Gasteiger partial charge in [0.2, 0.25) is 0 Å². The predicted molar refractivity (Wildman–Crippen MR) is 79.1 cm³/mol. The van der Waals surface area contributed by atoms with Crippen molar-refractivity contribution in [2.75, 3.05) is 32.2 Å². The van der Waals surface area contributed by atoms with Crippen molar-refractivity contribution in [2.24, 2.45) is 0 Å². The molecule has 2 unspecified atom stereocenters. The molecular formula is C14H20N2O4S. The fourth-order valence-electron chi connectivity index (χ4n) is 2.93. The summed E-state index contributed by atoms with van der Waals surface area (Å²) in [6.45, 7) is 1.93. The molecular weight excluding hydrogens is 292 g/mol. The van der Waals surface area contributed by atoms with E-state index >= 15 is 0 Å². The number of aryl methyl sites for hydroxylation is 1. The molecule has 1 aromatic rings. The van der Waals surface area contributed by atoms with Crippen molar-refractivity contribution in [3.8, 4) is 0 Å². The van der Waals surface area contributed by atoms with Crippen molar-refractivity contribution in [3.63, 3.8) is 0 Å². The third kappa shape index (κ3) is 2.90. The molecule has 2 heterocycles. The Morgan fingerprint density at radius 1 is 1.67 bits per heavy atom. The smallest absolute Gasteiger partial charge is 0.312 e. The zero-order valence-electron chi connectivity index (χ0n) is 12.1. The lowest BCUT2D eigenvalue weighted by molar-refractivity contribution is -0.139. The highest BCUT2D eigenvalue weighted by Gasteiger charge is 2.35. The number of rotatable bonds is 5. The summed E-state index contributed by atoms with van der Waals surface area (Å²) in [4.78, 5) is 16.9. The second-order valence-electron chi connectivity index (χ2n) is 5.65. The maximum absolute atomic E-state index is 11.3. The molecule has 7 heteroatoms. The molecule has 0 radical (unpaired) electrons. The Morgan fingerprint density at radius 2 is 2.52 bits per heavy atom. The number of carbonyl (C=O) groups is 1. The Kier molecular flexibility index (Phi) is 4.14. The molecule has 1 saturated heterocycles. The maximum atomic E-state index is 11.3. The SMILES string of the molecule is COC1(CNc2nc3c(s2)CCCC3C(=O)O)CCOC1. The molecule has 116 valence electrons. The van der Waals surface area contributed by atoms with E-state index in [-0.39, 0.29) is 5.60 Å². The summed E-state index contributed by atoms with van der Waals surface area (Å²) in [5.74, 6) is -1.22. The number of carboxylic acids is 1. The molecule has 6 nitrogen and oxygen atoms in total. The van der Waals surface area contributed by atoms with E-state index in [2.05, 4.69) is 10.3 Å². The van der Waals surface area contributed by atoms with Gasteiger partial charge in [0.25, 0.3) is 0 Å². The molecule has 2 aliphatic rings. The van der Waals surface area contributed by atoms with E-state index in [1.165, 1.54) is 0 Å². The molecule has 1 aromatic heterocycles. The van der Waals surface area contributed by atoms with Gasteiger partial charge in [-0.3, -0.25) is 4.79 Å². The summed E-state index contributed by atoms with van der Waals surface area (Å²) in [5, 5.41) is 13.4. The second-order valence-corrected chi connectivity index (χ2v) is 6.74. The summed E-state index contributed by atoms with van der Waals surface area (Å²) in [6.07, 6.45) is 3.39. The van der Waals surface area contributed by atoms with Crippen LogP contribution in [-0.2, 0) is 20.7 Å². The molecule has 1 fully saturated rings. The standard InChI is InChI=1S/C14H20N2O4S/c1-19-14(5-6-20-8-14)7-15-13-16-11-9(12(17)18)3-2-4-10(11)21-13/h9H,2-8H2,1H3,(H,15,16)(H,17,18). The van der Waals surface area contributed by atoms with Crippen LogP contribution in [0.1, 0.15) is 35.8 Å². The van der Waals surface area contributed by atoms with Gasteiger partial charge in [0.05, 0.1) is 12.3 Å². The van der Waals surface area contributed by atoms with Crippen molar-refractivity contribution >= 4 is 22.4 Å². The van der Waals surface area contributed by atoms with Gasteiger partial charge in [-0.25, -0.2) is 4.98 Å². The van der Waals surface area contributed by atoms with Crippen LogP contribution in [0.2, 0.25) is 0 Å². The summed E-state index contributed by atoms with van der Waals surface area (Å²) in [7, 11) is 1.70. The van der Waals surface area contributed by atoms with Gasteiger partial charge in [0.15, 0.2) is 5.13 Å². The van der Waals surface area contributed by atoms with Gasteiger partial charge >= 0.3 is 5.97 Å². The summed E-state index contributed by atoms with van der Waals surface area (Å²) in [6, 6.07) is 0. The lowest BCUT2D eigenvalue weighted by Crippen LogP contribution is -2.39. The minimum atomic E-state index is -0.773. The first-order valence-electron chi connectivity index (χ1n) is 7.23. The average Bonchev–Trinajstić information content (AvgIpc) is 3.11. The van der Waals surface area contributed by atoms with Gasteiger partial charge in [-0.15, -0.1) is 11.3 Å². The fraction of sp³-hybridized carbons (Fsp3) is 0.714. The molecule has 1 aliphatic heterocycles. The number of fused-ring (bicyclic) bond motifs is 1. The van der Waals surface area contributed by atoms with Gasteiger partial charge in [-0.1, -0.05) is 0 Å². The number of aliphatic carboxylic acids is 1. The van der Waals surface area contributed by atoms with E-state index in [0.29, 0.717) is 26.2 Å². The topological polar surface area (TPSA) is 80.7 Å². The van der Waals surface area contributed by atoms with Crippen molar-refractivity contribution < 1.29 is 19.4 Å². The Balaban J connectivity index is 1.71. The molecule has 1 aliphatic carbocycles. The number of thiazole rings is 1. The predicted octanol–water partition coefficient (Wildman–Crippen LogP) is 1.86. The lowest BCUT2D eigenvalue weighted by atomic mass is 9.91. The van der Waals surface area contributed by atoms with Crippen molar-refractivity contribution in [1.29, 1.82) is 0 Å². The number of hydrogen-bond acceptors (Lipinski definition) is 6. The minimum Gasteiger partial charge on any atom is -0.481 e. The van der Waals surface area contributed by atoms with Crippen LogP contribution in [0.3, 0.4) is 0 Å². The Hall–Kier alpha value is -1.18. The normalized spacial score (nSPS) is 28.3. The van der Waals surface area contributed by atoms with Gasteiger partial charge in [-0.05, 0) is 19.3 Å². The molecule has 2 N–H and O–H groups in total. The number of aromatic nitrogens is 1. The van der Waals surface area contributed by atoms with Crippen molar-refractivity contribution in [2.45, 2.75) is 37.2 Å². The number of ether oxygens (including phenoxy) is 2. The monoisotopic (exact) mass is 312 g/mol.